The Hall–Kier alpha value is -3.15. The third-order valence-electron chi connectivity index (χ3n) is 4.82. The van der Waals surface area contributed by atoms with Crippen molar-refractivity contribution in [1.82, 2.24) is 15.0 Å². The Morgan fingerprint density at radius 3 is 2.36 bits per heavy atom. The molecule has 0 spiro atoms. The molecule has 3 rings (SSSR count). The largest absolute Gasteiger partial charge is 0.481 e. The molecule has 28 heavy (non-hydrogen) atoms. The third-order valence-corrected chi connectivity index (χ3v) is 4.82. The molecule has 1 unspecified atom stereocenters. The van der Waals surface area contributed by atoms with Crippen LogP contribution in [0.2, 0.25) is 0 Å². The van der Waals surface area contributed by atoms with Crippen LogP contribution < -0.4 is 4.74 Å². The molecule has 1 atom stereocenters. The van der Waals surface area contributed by atoms with Crippen LogP contribution in [0, 0.1) is 12.7 Å². The van der Waals surface area contributed by atoms with Crippen LogP contribution >= 0.6 is 0 Å². The lowest BCUT2D eigenvalue weighted by molar-refractivity contribution is 0.0990. The third kappa shape index (κ3) is 4.22. The summed E-state index contributed by atoms with van der Waals surface area (Å²) < 4.78 is 18.7. The molecule has 0 saturated carbocycles. The minimum atomic E-state index is -0.479. The quantitative estimate of drug-likeness (QED) is 0.573. The molecule has 0 aliphatic heterocycles. The molecule has 0 radical (unpaired) electrons. The van der Waals surface area contributed by atoms with Crippen molar-refractivity contribution in [1.29, 1.82) is 0 Å². The minimum absolute atomic E-state index is 0.104. The second-order valence-electron chi connectivity index (χ2n) is 6.57. The van der Waals surface area contributed by atoms with Gasteiger partial charge in [0.25, 0.3) is 0 Å². The molecule has 0 aliphatic rings. The number of rotatable bonds is 7. The number of hydrogen-bond donors (Lipinski definition) is 0. The molecule has 0 fully saturated rings. The highest BCUT2D eigenvalue weighted by molar-refractivity contribution is 5.98. The van der Waals surface area contributed by atoms with E-state index in [1.807, 2.05) is 30.5 Å². The Morgan fingerprint density at radius 1 is 1.07 bits per heavy atom. The molecular weight excluding hydrogens is 357 g/mol. The summed E-state index contributed by atoms with van der Waals surface area (Å²) in [6.07, 6.45) is 7.11. The summed E-state index contributed by atoms with van der Waals surface area (Å²) in [6.45, 7) is 3.68. The summed E-state index contributed by atoms with van der Waals surface area (Å²) in [5, 5.41) is 0. The Kier molecular flexibility index (Phi) is 6.09. The van der Waals surface area contributed by atoms with E-state index < -0.39 is 5.82 Å². The van der Waals surface area contributed by atoms with Crippen LogP contribution in [0.1, 0.15) is 52.0 Å². The van der Waals surface area contributed by atoms with Gasteiger partial charge < -0.3 is 4.74 Å². The number of carbonyl (C=O) groups is 1. The van der Waals surface area contributed by atoms with Crippen molar-refractivity contribution in [3.63, 3.8) is 0 Å². The number of halogens is 1. The van der Waals surface area contributed by atoms with E-state index in [4.69, 9.17) is 4.74 Å². The highest BCUT2D eigenvalue weighted by Crippen LogP contribution is 2.28. The lowest BCUT2D eigenvalue weighted by Crippen LogP contribution is -2.09. The Balaban J connectivity index is 1.76. The highest BCUT2D eigenvalue weighted by Gasteiger charge is 2.16. The highest BCUT2D eigenvalue weighted by atomic mass is 19.1. The SMILES string of the molecule is CCC(c1ccc(CC(=O)c2cncc(F)c2C)nc1)c1ccc(OC)nc1. The normalized spacial score (nSPS) is 11.9. The molecule has 0 amide bonds. The van der Waals surface area contributed by atoms with Gasteiger partial charge in [-0.25, -0.2) is 9.37 Å². The van der Waals surface area contributed by atoms with E-state index in [-0.39, 0.29) is 18.1 Å². The Morgan fingerprint density at radius 2 is 1.79 bits per heavy atom. The van der Waals surface area contributed by atoms with Gasteiger partial charge in [0.2, 0.25) is 5.88 Å². The molecule has 3 heterocycles. The molecule has 3 aromatic rings. The second-order valence-corrected chi connectivity index (χ2v) is 6.57. The fraction of sp³-hybridized carbons (Fsp3) is 0.273. The monoisotopic (exact) mass is 379 g/mol. The number of methoxy groups -OCH3 is 1. The van der Waals surface area contributed by atoms with Gasteiger partial charge in [0.1, 0.15) is 5.82 Å². The second kappa shape index (κ2) is 8.69. The summed E-state index contributed by atoms with van der Waals surface area (Å²) in [4.78, 5) is 25.0. The van der Waals surface area contributed by atoms with Crippen molar-refractivity contribution in [3.8, 4) is 5.88 Å². The van der Waals surface area contributed by atoms with E-state index >= 15 is 0 Å². The molecular formula is C22H22FN3O2. The smallest absolute Gasteiger partial charge is 0.212 e. The Labute approximate surface area is 163 Å². The van der Waals surface area contributed by atoms with Crippen molar-refractivity contribution in [2.45, 2.75) is 32.6 Å². The number of pyridine rings is 3. The van der Waals surface area contributed by atoms with Crippen molar-refractivity contribution < 1.29 is 13.9 Å². The van der Waals surface area contributed by atoms with Gasteiger partial charge in [-0.2, -0.15) is 0 Å². The first kappa shape index (κ1) is 19.6. The van der Waals surface area contributed by atoms with Gasteiger partial charge in [0, 0.05) is 41.8 Å². The van der Waals surface area contributed by atoms with Crippen LogP contribution in [0.4, 0.5) is 4.39 Å². The van der Waals surface area contributed by atoms with E-state index in [0.717, 1.165) is 23.7 Å². The number of Topliss-reactive ketones (excluding diaryl/α,β-unsaturated/α-hetero) is 1. The number of hydrogen-bond acceptors (Lipinski definition) is 5. The fourth-order valence-corrected chi connectivity index (χ4v) is 3.17. The fourth-order valence-electron chi connectivity index (χ4n) is 3.17. The lowest BCUT2D eigenvalue weighted by Gasteiger charge is -2.16. The van der Waals surface area contributed by atoms with E-state index in [9.17, 15) is 9.18 Å². The molecule has 0 saturated heterocycles. The number of ketones is 1. The summed E-state index contributed by atoms with van der Waals surface area (Å²) in [6, 6.07) is 7.66. The van der Waals surface area contributed by atoms with Gasteiger partial charge in [0.05, 0.1) is 19.7 Å². The summed E-state index contributed by atoms with van der Waals surface area (Å²) in [7, 11) is 1.59. The molecule has 0 bridgehead atoms. The van der Waals surface area contributed by atoms with Crippen LogP contribution in [0.15, 0.2) is 49.1 Å². The lowest BCUT2D eigenvalue weighted by atomic mass is 9.91. The standard InChI is InChI=1S/C22H22FN3O2/c1-4-18(16-6-8-22(28-3)26-11-16)15-5-7-17(25-10-15)9-21(27)19-12-24-13-20(23)14(19)2/h5-8,10-13,18H,4,9H2,1-3H3. The van der Waals surface area contributed by atoms with Gasteiger partial charge in [-0.1, -0.05) is 19.1 Å². The van der Waals surface area contributed by atoms with Crippen LogP contribution in [0.5, 0.6) is 5.88 Å². The zero-order valence-electron chi connectivity index (χ0n) is 16.1. The average molecular weight is 379 g/mol. The maximum atomic E-state index is 13.6. The average Bonchev–Trinajstić information content (AvgIpc) is 2.72. The zero-order chi connectivity index (χ0) is 20.1. The molecule has 144 valence electrons. The van der Waals surface area contributed by atoms with Crippen molar-refractivity contribution in [3.05, 3.63) is 82.8 Å². The van der Waals surface area contributed by atoms with Gasteiger partial charge in [0.15, 0.2) is 5.78 Å². The summed E-state index contributed by atoms with van der Waals surface area (Å²) in [5.41, 5.74) is 3.38. The van der Waals surface area contributed by atoms with Crippen LogP contribution in [0.25, 0.3) is 0 Å². The molecule has 6 heteroatoms. The van der Waals surface area contributed by atoms with E-state index in [1.54, 1.807) is 20.2 Å². The summed E-state index contributed by atoms with van der Waals surface area (Å²) >= 11 is 0. The molecule has 5 nitrogen and oxygen atoms in total. The van der Waals surface area contributed by atoms with E-state index in [1.165, 1.54) is 6.20 Å². The van der Waals surface area contributed by atoms with Gasteiger partial charge in [-0.15, -0.1) is 0 Å². The first-order valence-corrected chi connectivity index (χ1v) is 9.11. The van der Waals surface area contributed by atoms with Gasteiger partial charge in [-0.05, 0) is 36.1 Å². The van der Waals surface area contributed by atoms with Crippen LogP contribution in [-0.4, -0.2) is 27.8 Å². The molecule has 0 aliphatic carbocycles. The Bertz CT molecular complexity index is 957. The first-order valence-electron chi connectivity index (χ1n) is 9.11. The molecule has 0 aromatic carbocycles. The number of nitrogens with zero attached hydrogens (tertiary/aromatic N) is 3. The topological polar surface area (TPSA) is 65.0 Å². The van der Waals surface area contributed by atoms with Crippen molar-refractivity contribution >= 4 is 5.78 Å². The van der Waals surface area contributed by atoms with Gasteiger partial charge >= 0.3 is 0 Å². The predicted molar refractivity (Wildman–Crippen MR) is 104 cm³/mol. The van der Waals surface area contributed by atoms with Crippen molar-refractivity contribution in [2.24, 2.45) is 0 Å². The maximum Gasteiger partial charge on any atom is 0.212 e. The van der Waals surface area contributed by atoms with Gasteiger partial charge in [-0.3, -0.25) is 14.8 Å². The van der Waals surface area contributed by atoms with Crippen LogP contribution in [-0.2, 0) is 6.42 Å². The number of carbonyl (C=O) groups excluding carboxylic acids is 1. The van der Waals surface area contributed by atoms with Crippen molar-refractivity contribution in [2.75, 3.05) is 7.11 Å². The maximum absolute atomic E-state index is 13.6. The van der Waals surface area contributed by atoms with E-state index in [0.29, 0.717) is 22.7 Å². The number of ether oxygens (including phenoxy) is 1. The molecule has 0 N–H and O–H groups in total. The molecule has 3 aromatic heterocycles. The van der Waals surface area contributed by atoms with E-state index in [2.05, 4.69) is 21.9 Å². The predicted octanol–water partition coefficient (Wildman–Crippen LogP) is 4.30. The summed E-state index contributed by atoms with van der Waals surface area (Å²) in [5.74, 6) is 0.0576. The van der Waals surface area contributed by atoms with Crippen LogP contribution in [0.3, 0.4) is 0 Å². The first-order chi connectivity index (χ1) is 13.5. The zero-order valence-corrected chi connectivity index (χ0v) is 16.1. The number of aromatic nitrogens is 3. The minimum Gasteiger partial charge on any atom is -0.481 e.